The number of carbonyl (C=O) groups is 1. The summed E-state index contributed by atoms with van der Waals surface area (Å²) in [6.07, 6.45) is 2.18. The summed E-state index contributed by atoms with van der Waals surface area (Å²) in [5.74, 6) is 0.502. The van der Waals surface area contributed by atoms with Crippen molar-refractivity contribution in [3.63, 3.8) is 0 Å². The van der Waals surface area contributed by atoms with Crippen LogP contribution in [-0.4, -0.2) is 30.7 Å². The number of rotatable bonds is 9. The summed E-state index contributed by atoms with van der Waals surface area (Å²) in [6.45, 7) is 5.03. The lowest BCUT2D eigenvalue weighted by Gasteiger charge is -2.10. The second-order valence-corrected chi connectivity index (χ2v) is 7.91. The summed E-state index contributed by atoms with van der Waals surface area (Å²) < 4.78 is 10.4. The Morgan fingerprint density at radius 1 is 1.24 bits per heavy atom. The number of anilines is 1. The molecular weight excluding hydrogens is 442 g/mol. The Hall–Kier alpha value is -3.52. The third-order valence-electron chi connectivity index (χ3n) is 4.95. The molecular formula is C24H28ClN5O3. The van der Waals surface area contributed by atoms with Crippen LogP contribution in [-0.2, 0) is 6.54 Å². The van der Waals surface area contributed by atoms with Gasteiger partial charge in [0.2, 0.25) is 0 Å². The fourth-order valence-electron chi connectivity index (χ4n) is 3.23. The average molecular weight is 470 g/mol. The van der Waals surface area contributed by atoms with Crippen LogP contribution in [0, 0.1) is 6.92 Å². The molecule has 2 aromatic carbocycles. The highest BCUT2D eigenvalue weighted by atomic mass is 35.5. The van der Waals surface area contributed by atoms with Crippen molar-refractivity contribution in [2.75, 3.05) is 19.0 Å². The zero-order chi connectivity index (χ0) is 23.8. The lowest BCUT2D eigenvalue weighted by molar-refractivity contribution is 0.100. The van der Waals surface area contributed by atoms with Gasteiger partial charge in [-0.2, -0.15) is 4.99 Å². The van der Waals surface area contributed by atoms with E-state index < -0.39 is 5.91 Å². The molecule has 0 saturated carbocycles. The molecule has 0 aliphatic heterocycles. The van der Waals surface area contributed by atoms with Crippen molar-refractivity contribution in [3.8, 4) is 17.0 Å². The number of hydrogen-bond donors (Lipinski definition) is 3. The molecule has 0 atom stereocenters. The predicted octanol–water partition coefficient (Wildman–Crippen LogP) is 4.77. The number of benzene rings is 2. The van der Waals surface area contributed by atoms with Crippen LogP contribution < -0.4 is 21.1 Å². The number of amides is 1. The van der Waals surface area contributed by atoms with Crippen LogP contribution in [0.1, 0.15) is 41.4 Å². The maximum absolute atomic E-state index is 12.9. The highest BCUT2D eigenvalue weighted by molar-refractivity contribution is 6.30. The first kappa shape index (κ1) is 24.1. The van der Waals surface area contributed by atoms with Gasteiger partial charge in [0, 0.05) is 29.4 Å². The summed E-state index contributed by atoms with van der Waals surface area (Å²) in [6, 6.07) is 12.8. The molecule has 1 aromatic heterocycles. The highest BCUT2D eigenvalue weighted by Crippen LogP contribution is 2.27. The van der Waals surface area contributed by atoms with Crippen LogP contribution in [0.5, 0.6) is 5.75 Å². The number of methoxy groups -OCH3 is 1. The molecule has 0 bridgehead atoms. The standard InChI is InChI=1S/C24H28ClN5O3/c1-4-5-10-27-19-12-16(11-18(25)13-19)14-28-24(26)29-23(31)21-15(2)33-30-22(21)17-6-8-20(32-3)9-7-17/h6-9,11-13,27H,4-5,10,14H2,1-3H3,(H3,26,28,29,31). The fraction of sp³-hybridized carbons (Fsp3) is 0.292. The number of guanidine groups is 1. The minimum Gasteiger partial charge on any atom is -0.497 e. The molecule has 3 rings (SSSR count). The van der Waals surface area contributed by atoms with Gasteiger partial charge < -0.3 is 25.6 Å². The first-order valence-corrected chi connectivity index (χ1v) is 11.1. The van der Waals surface area contributed by atoms with Crippen molar-refractivity contribution < 1.29 is 14.1 Å². The van der Waals surface area contributed by atoms with Gasteiger partial charge in [-0.1, -0.05) is 30.1 Å². The number of aryl methyl sites for hydroxylation is 1. The molecule has 8 nitrogen and oxygen atoms in total. The van der Waals surface area contributed by atoms with Gasteiger partial charge in [0.25, 0.3) is 5.91 Å². The Bertz CT molecular complexity index is 1130. The van der Waals surface area contributed by atoms with Gasteiger partial charge in [0.15, 0.2) is 5.96 Å². The number of nitrogens with two attached hydrogens (primary N) is 1. The van der Waals surface area contributed by atoms with E-state index in [2.05, 4.69) is 27.7 Å². The maximum Gasteiger partial charge on any atom is 0.286 e. The van der Waals surface area contributed by atoms with E-state index in [1.54, 1.807) is 38.3 Å². The first-order chi connectivity index (χ1) is 15.9. The van der Waals surface area contributed by atoms with E-state index in [0.29, 0.717) is 34.3 Å². The monoisotopic (exact) mass is 469 g/mol. The van der Waals surface area contributed by atoms with Crippen LogP contribution >= 0.6 is 11.6 Å². The maximum atomic E-state index is 12.9. The number of carbonyl (C=O) groups excluding carboxylic acids is 1. The molecule has 0 spiro atoms. The molecule has 0 aliphatic carbocycles. The van der Waals surface area contributed by atoms with E-state index in [-0.39, 0.29) is 11.5 Å². The SMILES string of the molecule is CCCCNc1cc(Cl)cc(CN/C(N)=N\C(=O)c2c(-c3ccc(OC)cc3)noc2C)c1. The van der Waals surface area contributed by atoms with E-state index in [0.717, 1.165) is 30.6 Å². The number of nitrogens with one attached hydrogen (secondary N) is 2. The summed E-state index contributed by atoms with van der Waals surface area (Å²) in [5.41, 5.74) is 9.19. The van der Waals surface area contributed by atoms with Crippen LogP contribution in [0.15, 0.2) is 52.0 Å². The molecule has 0 radical (unpaired) electrons. The van der Waals surface area contributed by atoms with Crippen molar-refractivity contribution in [2.45, 2.75) is 33.2 Å². The van der Waals surface area contributed by atoms with Gasteiger partial charge in [-0.3, -0.25) is 4.79 Å². The molecule has 9 heteroatoms. The molecule has 0 aliphatic rings. The Balaban J connectivity index is 1.71. The van der Waals surface area contributed by atoms with Crippen LogP contribution in [0.25, 0.3) is 11.3 Å². The first-order valence-electron chi connectivity index (χ1n) is 10.7. The molecule has 1 heterocycles. The Labute approximate surface area is 198 Å². The predicted molar refractivity (Wildman–Crippen MR) is 131 cm³/mol. The van der Waals surface area contributed by atoms with Gasteiger partial charge in [-0.05, 0) is 61.4 Å². The smallest absolute Gasteiger partial charge is 0.286 e. The highest BCUT2D eigenvalue weighted by Gasteiger charge is 2.21. The Kier molecular flexibility index (Phi) is 8.32. The van der Waals surface area contributed by atoms with Crippen molar-refractivity contribution in [1.29, 1.82) is 0 Å². The van der Waals surface area contributed by atoms with Crippen LogP contribution in [0.4, 0.5) is 5.69 Å². The van der Waals surface area contributed by atoms with Crippen LogP contribution in [0.2, 0.25) is 5.02 Å². The fourth-order valence-corrected chi connectivity index (χ4v) is 3.49. The summed E-state index contributed by atoms with van der Waals surface area (Å²) in [5, 5.41) is 10.9. The molecule has 4 N–H and O–H groups in total. The molecule has 1 amide bonds. The summed E-state index contributed by atoms with van der Waals surface area (Å²) >= 11 is 6.23. The quantitative estimate of drug-likeness (QED) is 0.235. The van der Waals surface area contributed by atoms with E-state index in [1.807, 2.05) is 18.2 Å². The number of ether oxygens (including phenoxy) is 1. The van der Waals surface area contributed by atoms with Crippen molar-refractivity contribution >= 4 is 29.2 Å². The van der Waals surface area contributed by atoms with Crippen molar-refractivity contribution in [2.24, 2.45) is 10.7 Å². The molecule has 3 aromatic rings. The second kappa shape index (κ2) is 11.4. The average Bonchev–Trinajstić information content (AvgIpc) is 3.19. The number of aromatic nitrogens is 1. The molecule has 174 valence electrons. The topological polar surface area (TPSA) is 115 Å². The number of aliphatic imine (C=N–C) groups is 1. The largest absolute Gasteiger partial charge is 0.497 e. The number of halogens is 1. The Morgan fingerprint density at radius 3 is 2.70 bits per heavy atom. The molecule has 0 fully saturated rings. The summed E-state index contributed by atoms with van der Waals surface area (Å²) in [4.78, 5) is 16.8. The van der Waals surface area contributed by atoms with Gasteiger partial charge in [-0.25, -0.2) is 0 Å². The molecule has 0 saturated heterocycles. The lowest BCUT2D eigenvalue weighted by atomic mass is 10.1. The number of hydrogen-bond acceptors (Lipinski definition) is 5. The Morgan fingerprint density at radius 2 is 2.00 bits per heavy atom. The van der Waals surface area contributed by atoms with Crippen LogP contribution in [0.3, 0.4) is 0 Å². The van der Waals surface area contributed by atoms with Gasteiger partial charge in [-0.15, -0.1) is 0 Å². The zero-order valence-electron chi connectivity index (χ0n) is 18.9. The third-order valence-corrected chi connectivity index (χ3v) is 5.17. The van der Waals surface area contributed by atoms with E-state index in [9.17, 15) is 4.79 Å². The van der Waals surface area contributed by atoms with E-state index >= 15 is 0 Å². The number of nitrogens with zero attached hydrogens (tertiary/aromatic N) is 2. The van der Waals surface area contributed by atoms with Gasteiger partial charge >= 0.3 is 0 Å². The third kappa shape index (κ3) is 6.49. The summed E-state index contributed by atoms with van der Waals surface area (Å²) in [7, 11) is 1.59. The number of unbranched alkanes of at least 4 members (excludes halogenated alkanes) is 1. The van der Waals surface area contributed by atoms with Gasteiger partial charge in [0.05, 0.1) is 7.11 Å². The van der Waals surface area contributed by atoms with Crippen molar-refractivity contribution in [1.82, 2.24) is 10.5 Å². The van der Waals surface area contributed by atoms with E-state index in [1.165, 1.54) is 0 Å². The minimum absolute atomic E-state index is 0.0123. The van der Waals surface area contributed by atoms with Gasteiger partial charge in [0.1, 0.15) is 22.8 Å². The van der Waals surface area contributed by atoms with E-state index in [4.69, 9.17) is 26.6 Å². The molecule has 33 heavy (non-hydrogen) atoms. The second-order valence-electron chi connectivity index (χ2n) is 7.48. The zero-order valence-corrected chi connectivity index (χ0v) is 19.7. The minimum atomic E-state index is -0.544. The lowest BCUT2D eigenvalue weighted by Crippen LogP contribution is -2.32. The normalized spacial score (nSPS) is 11.3. The molecule has 0 unspecified atom stereocenters. The van der Waals surface area contributed by atoms with Crippen molar-refractivity contribution in [3.05, 3.63) is 64.4 Å².